The van der Waals surface area contributed by atoms with Crippen LogP contribution in [0.5, 0.6) is 11.5 Å². The van der Waals surface area contributed by atoms with Crippen LogP contribution in [-0.4, -0.2) is 21.2 Å². The van der Waals surface area contributed by atoms with Crippen LogP contribution >= 0.6 is 7.82 Å². The lowest BCUT2D eigenvalue weighted by Gasteiger charge is -2.07. The molecular weight excluding hydrogens is 211 g/mol. The van der Waals surface area contributed by atoms with Gasteiger partial charge >= 0.3 is 7.82 Å². The topological polar surface area (TPSA) is 104 Å². The smallest absolute Gasteiger partial charge is 0.507 e. The number of phenolic OH excluding ortho intramolecular Hbond substituents is 1. The average Bonchev–Trinajstić information content (AvgIpc) is 2.01. The standard InChI is InChI=1S/C7H7O6P/c8-4-5-1-2-6(3-7(5)9)13-14(10,11)12/h1-4,9H,(H2,10,11,12). The first-order valence-corrected chi connectivity index (χ1v) is 4.99. The SMILES string of the molecule is O=Cc1ccc(OP(=O)(O)O)cc1O. The van der Waals surface area contributed by atoms with Crippen molar-refractivity contribution in [3.63, 3.8) is 0 Å². The summed E-state index contributed by atoms with van der Waals surface area (Å²) in [6.45, 7) is 0. The Labute approximate surface area is 79.0 Å². The average molecular weight is 218 g/mol. The Kier molecular flexibility index (Phi) is 2.90. The van der Waals surface area contributed by atoms with Gasteiger partial charge in [0.25, 0.3) is 0 Å². The van der Waals surface area contributed by atoms with E-state index in [1.54, 1.807) is 0 Å². The second-order valence-corrected chi connectivity index (χ2v) is 3.58. The van der Waals surface area contributed by atoms with E-state index in [0.29, 0.717) is 6.29 Å². The molecule has 0 amide bonds. The minimum Gasteiger partial charge on any atom is -0.507 e. The summed E-state index contributed by atoms with van der Waals surface area (Å²) in [5, 5.41) is 9.12. The number of rotatable bonds is 3. The molecule has 0 saturated carbocycles. The molecule has 0 saturated heterocycles. The van der Waals surface area contributed by atoms with Crippen LogP contribution in [-0.2, 0) is 4.57 Å². The molecule has 76 valence electrons. The quantitative estimate of drug-likeness (QED) is 0.509. The zero-order valence-corrected chi connectivity index (χ0v) is 7.72. The van der Waals surface area contributed by atoms with Crippen molar-refractivity contribution >= 4 is 14.1 Å². The molecule has 0 aliphatic rings. The van der Waals surface area contributed by atoms with E-state index in [4.69, 9.17) is 14.9 Å². The Morgan fingerprint density at radius 2 is 2.00 bits per heavy atom. The van der Waals surface area contributed by atoms with Crippen LogP contribution < -0.4 is 4.52 Å². The van der Waals surface area contributed by atoms with E-state index in [1.165, 1.54) is 12.1 Å². The third-order valence-corrected chi connectivity index (χ3v) is 1.80. The fraction of sp³-hybridized carbons (Fsp3) is 0. The molecule has 3 N–H and O–H groups in total. The van der Waals surface area contributed by atoms with Gasteiger partial charge < -0.3 is 9.63 Å². The van der Waals surface area contributed by atoms with Crippen LogP contribution in [0.25, 0.3) is 0 Å². The zero-order valence-electron chi connectivity index (χ0n) is 6.82. The Morgan fingerprint density at radius 1 is 1.36 bits per heavy atom. The number of phosphoric acid groups is 1. The molecule has 1 aromatic carbocycles. The van der Waals surface area contributed by atoms with Crippen LogP contribution in [0.3, 0.4) is 0 Å². The van der Waals surface area contributed by atoms with Gasteiger partial charge in [-0.3, -0.25) is 14.6 Å². The molecule has 0 spiro atoms. The number of carbonyl (C=O) groups is 1. The molecule has 1 aromatic rings. The van der Waals surface area contributed by atoms with Gasteiger partial charge in [-0.15, -0.1) is 0 Å². The van der Waals surface area contributed by atoms with Crippen LogP contribution in [0.1, 0.15) is 10.4 Å². The van der Waals surface area contributed by atoms with Crippen molar-refractivity contribution in [3.05, 3.63) is 23.8 Å². The third-order valence-electron chi connectivity index (χ3n) is 1.35. The first kappa shape index (κ1) is 10.7. The highest BCUT2D eigenvalue weighted by Crippen LogP contribution is 2.38. The maximum atomic E-state index is 10.4. The van der Waals surface area contributed by atoms with Crippen LogP contribution in [0.4, 0.5) is 0 Å². The van der Waals surface area contributed by atoms with Crippen LogP contribution in [0.2, 0.25) is 0 Å². The van der Waals surface area contributed by atoms with E-state index in [2.05, 4.69) is 4.52 Å². The second kappa shape index (κ2) is 3.79. The molecule has 0 heterocycles. The van der Waals surface area contributed by atoms with Gasteiger partial charge in [-0.1, -0.05) is 0 Å². The summed E-state index contributed by atoms with van der Waals surface area (Å²) in [6.07, 6.45) is 0.413. The molecule has 7 heteroatoms. The maximum Gasteiger partial charge on any atom is 0.524 e. The summed E-state index contributed by atoms with van der Waals surface area (Å²) in [5.41, 5.74) is 0.0167. The van der Waals surface area contributed by atoms with E-state index in [9.17, 15) is 9.36 Å². The van der Waals surface area contributed by atoms with E-state index >= 15 is 0 Å². The normalized spacial score (nSPS) is 11.0. The lowest BCUT2D eigenvalue weighted by atomic mass is 10.2. The summed E-state index contributed by atoms with van der Waals surface area (Å²) < 4.78 is 14.6. The van der Waals surface area contributed by atoms with Gasteiger partial charge in [0, 0.05) is 6.07 Å². The first-order chi connectivity index (χ1) is 6.42. The van der Waals surface area contributed by atoms with Crippen molar-refractivity contribution in [2.75, 3.05) is 0 Å². The van der Waals surface area contributed by atoms with Crippen molar-refractivity contribution in [3.8, 4) is 11.5 Å². The summed E-state index contributed by atoms with van der Waals surface area (Å²) >= 11 is 0. The number of carbonyl (C=O) groups excluding carboxylic acids is 1. The highest BCUT2D eigenvalue weighted by atomic mass is 31.2. The Morgan fingerprint density at radius 3 is 2.43 bits per heavy atom. The molecule has 0 unspecified atom stereocenters. The van der Waals surface area contributed by atoms with Gasteiger partial charge in [0.15, 0.2) is 6.29 Å². The zero-order chi connectivity index (χ0) is 10.8. The molecule has 0 aliphatic carbocycles. The minimum absolute atomic E-state index is 0.0167. The second-order valence-electron chi connectivity index (χ2n) is 2.42. The van der Waals surface area contributed by atoms with Crippen molar-refractivity contribution in [2.45, 2.75) is 0 Å². The summed E-state index contributed by atoms with van der Waals surface area (Å²) in [6, 6.07) is 3.30. The number of aldehydes is 1. The van der Waals surface area contributed by atoms with Gasteiger partial charge in [0.1, 0.15) is 11.5 Å². The molecule has 6 nitrogen and oxygen atoms in total. The minimum atomic E-state index is -4.63. The number of benzene rings is 1. The Hall–Kier alpha value is -1.36. The summed E-state index contributed by atoms with van der Waals surface area (Å²) in [7, 11) is -4.63. The van der Waals surface area contributed by atoms with Crippen molar-refractivity contribution in [1.82, 2.24) is 0 Å². The lowest BCUT2D eigenvalue weighted by Crippen LogP contribution is -1.90. The summed E-state index contributed by atoms with van der Waals surface area (Å²) in [5.74, 6) is -0.604. The van der Waals surface area contributed by atoms with Crippen LogP contribution in [0.15, 0.2) is 18.2 Å². The van der Waals surface area contributed by atoms with Crippen molar-refractivity contribution in [1.29, 1.82) is 0 Å². The molecule has 0 radical (unpaired) electrons. The summed E-state index contributed by atoms with van der Waals surface area (Å²) in [4.78, 5) is 27.1. The van der Waals surface area contributed by atoms with Gasteiger partial charge in [0.05, 0.1) is 5.56 Å². The molecule has 1 rings (SSSR count). The highest BCUT2D eigenvalue weighted by molar-refractivity contribution is 7.46. The maximum absolute atomic E-state index is 10.4. The molecule has 0 fully saturated rings. The van der Waals surface area contributed by atoms with E-state index in [0.717, 1.165) is 6.07 Å². The number of phosphoric ester groups is 1. The number of phenols is 1. The molecular formula is C7H7O6P. The molecule has 14 heavy (non-hydrogen) atoms. The van der Waals surface area contributed by atoms with Gasteiger partial charge in [0.2, 0.25) is 0 Å². The van der Waals surface area contributed by atoms with Crippen molar-refractivity contribution < 1.29 is 28.8 Å². The molecule has 0 bridgehead atoms. The molecule has 0 aliphatic heterocycles. The lowest BCUT2D eigenvalue weighted by molar-refractivity contribution is 0.112. The highest BCUT2D eigenvalue weighted by Gasteiger charge is 2.16. The molecule has 0 aromatic heterocycles. The fourth-order valence-corrected chi connectivity index (χ4v) is 1.21. The monoisotopic (exact) mass is 218 g/mol. The van der Waals surface area contributed by atoms with Crippen LogP contribution in [0, 0.1) is 0 Å². The number of hydrogen-bond acceptors (Lipinski definition) is 4. The predicted octanol–water partition coefficient (Wildman–Crippen LogP) is 0.676. The molecule has 0 atom stereocenters. The predicted molar refractivity (Wildman–Crippen MR) is 46.2 cm³/mol. The Bertz CT molecular complexity index is 395. The van der Waals surface area contributed by atoms with Gasteiger partial charge in [-0.25, -0.2) is 4.57 Å². The number of hydrogen-bond donors (Lipinski definition) is 3. The fourth-order valence-electron chi connectivity index (χ4n) is 0.817. The number of aromatic hydroxyl groups is 1. The van der Waals surface area contributed by atoms with E-state index in [-0.39, 0.29) is 11.3 Å². The van der Waals surface area contributed by atoms with Gasteiger partial charge in [-0.05, 0) is 12.1 Å². The Balaban J connectivity index is 2.98. The van der Waals surface area contributed by atoms with Gasteiger partial charge in [-0.2, -0.15) is 0 Å². The van der Waals surface area contributed by atoms with E-state index < -0.39 is 13.6 Å². The first-order valence-electron chi connectivity index (χ1n) is 3.46. The third kappa shape index (κ3) is 2.85. The van der Waals surface area contributed by atoms with Crippen molar-refractivity contribution in [2.24, 2.45) is 0 Å². The van der Waals surface area contributed by atoms with E-state index in [1.807, 2.05) is 0 Å². The largest absolute Gasteiger partial charge is 0.524 e.